The van der Waals surface area contributed by atoms with Crippen LogP contribution in [0.3, 0.4) is 0 Å². The molecule has 21 heavy (non-hydrogen) atoms. The molecule has 3 rings (SSSR count). The fourth-order valence-electron chi connectivity index (χ4n) is 2.37. The SMILES string of the molecule is Cc1sc(NC(=O)C2Cc3ccccc3O2)c(C#N)c1C. The lowest BCUT2D eigenvalue weighted by atomic mass is 10.1. The average molecular weight is 298 g/mol. The Bertz CT molecular complexity index is 733. The number of nitrogens with one attached hydrogen (secondary N) is 1. The summed E-state index contributed by atoms with van der Waals surface area (Å²) in [6.45, 7) is 3.83. The maximum atomic E-state index is 12.3. The van der Waals surface area contributed by atoms with E-state index in [1.807, 2.05) is 38.1 Å². The van der Waals surface area contributed by atoms with Crippen molar-refractivity contribution in [2.24, 2.45) is 0 Å². The van der Waals surface area contributed by atoms with Gasteiger partial charge in [-0.15, -0.1) is 11.3 Å². The molecule has 0 saturated heterocycles. The summed E-state index contributed by atoms with van der Waals surface area (Å²) in [5, 5.41) is 12.6. The molecule has 0 bridgehead atoms. The Morgan fingerprint density at radius 1 is 1.43 bits per heavy atom. The summed E-state index contributed by atoms with van der Waals surface area (Å²) in [5.74, 6) is 0.556. The van der Waals surface area contributed by atoms with Crippen LogP contribution in [0.5, 0.6) is 5.75 Å². The second kappa shape index (κ2) is 5.23. The zero-order valence-electron chi connectivity index (χ0n) is 11.8. The Balaban J connectivity index is 1.77. The van der Waals surface area contributed by atoms with E-state index in [0.29, 0.717) is 17.0 Å². The van der Waals surface area contributed by atoms with Gasteiger partial charge in [-0.1, -0.05) is 18.2 Å². The van der Waals surface area contributed by atoms with E-state index in [2.05, 4.69) is 11.4 Å². The molecule has 0 spiro atoms. The fourth-order valence-corrected chi connectivity index (χ4v) is 3.38. The van der Waals surface area contributed by atoms with Crippen LogP contribution in [0, 0.1) is 25.2 Å². The highest BCUT2D eigenvalue weighted by molar-refractivity contribution is 7.16. The van der Waals surface area contributed by atoms with Crippen LogP contribution in [-0.4, -0.2) is 12.0 Å². The summed E-state index contributed by atoms with van der Waals surface area (Å²) < 4.78 is 5.66. The van der Waals surface area contributed by atoms with E-state index in [1.165, 1.54) is 11.3 Å². The lowest BCUT2D eigenvalue weighted by Crippen LogP contribution is -2.31. The smallest absolute Gasteiger partial charge is 0.266 e. The maximum Gasteiger partial charge on any atom is 0.266 e. The molecule has 0 saturated carbocycles. The maximum absolute atomic E-state index is 12.3. The van der Waals surface area contributed by atoms with Crippen molar-refractivity contribution in [2.75, 3.05) is 5.32 Å². The van der Waals surface area contributed by atoms with E-state index in [0.717, 1.165) is 21.8 Å². The Morgan fingerprint density at radius 2 is 2.19 bits per heavy atom. The molecule has 1 N–H and O–H groups in total. The number of hydrogen-bond acceptors (Lipinski definition) is 4. The zero-order chi connectivity index (χ0) is 15.0. The minimum atomic E-state index is -0.531. The minimum absolute atomic E-state index is 0.205. The molecule has 2 aromatic rings. The van der Waals surface area contributed by atoms with Crippen molar-refractivity contribution in [2.45, 2.75) is 26.4 Å². The van der Waals surface area contributed by atoms with Crippen molar-refractivity contribution < 1.29 is 9.53 Å². The lowest BCUT2D eigenvalue weighted by molar-refractivity contribution is -0.122. The van der Waals surface area contributed by atoms with Crippen molar-refractivity contribution in [1.29, 1.82) is 5.26 Å². The minimum Gasteiger partial charge on any atom is -0.480 e. The van der Waals surface area contributed by atoms with Crippen molar-refractivity contribution >= 4 is 22.2 Å². The molecule has 4 nitrogen and oxygen atoms in total. The molecule has 0 fully saturated rings. The molecule has 1 aromatic carbocycles. The molecule has 1 aliphatic rings. The van der Waals surface area contributed by atoms with Gasteiger partial charge in [-0.3, -0.25) is 4.79 Å². The average Bonchev–Trinajstić information content (AvgIpc) is 3.01. The van der Waals surface area contributed by atoms with Gasteiger partial charge in [0.1, 0.15) is 16.8 Å². The number of amides is 1. The van der Waals surface area contributed by atoms with Gasteiger partial charge in [0, 0.05) is 11.3 Å². The fraction of sp³-hybridized carbons (Fsp3) is 0.250. The normalized spacial score (nSPS) is 16.0. The Hall–Kier alpha value is -2.32. The highest BCUT2D eigenvalue weighted by Crippen LogP contribution is 2.33. The molecular weight excluding hydrogens is 284 g/mol. The van der Waals surface area contributed by atoms with E-state index in [-0.39, 0.29) is 5.91 Å². The topological polar surface area (TPSA) is 62.1 Å². The second-order valence-electron chi connectivity index (χ2n) is 5.01. The van der Waals surface area contributed by atoms with Gasteiger partial charge in [-0.2, -0.15) is 5.26 Å². The van der Waals surface area contributed by atoms with Gasteiger partial charge in [0.15, 0.2) is 6.10 Å². The van der Waals surface area contributed by atoms with Gasteiger partial charge in [0.25, 0.3) is 5.91 Å². The van der Waals surface area contributed by atoms with E-state index >= 15 is 0 Å². The summed E-state index contributed by atoms with van der Waals surface area (Å²) in [4.78, 5) is 13.4. The first-order valence-corrected chi connectivity index (χ1v) is 7.47. The Labute approximate surface area is 127 Å². The lowest BCUT2D eigenvalue weighted by Gasteiger charge is -2.10. The summed E-state index contributed by atoms with van der Waals surface area (Å²) in [5.41, 5.74) is 2.51. The van der Waals surface area contributed by atoms with Gasteiger partial charge in [0.05, 0.1) is 5.56 Å². The Kier molecular flexibility index (Phi) is 3.40. The molecular formula is C16H14N2O2S. The molecule has 0 aliphatic carbocycles. The van der Waals surface area contributed by atoms with Gasteiger partial charge in [-0.05, 0) is 31.0 Å². The number of nitriles is 1. The number of rotatable bonds is 2. The van der Waals surface area contributed by atoms with Crippen LogP contribution in [0.1, 0.15) is 21.6 Å². The van der Waals surface area contributed by atoms with Gasteiger partial charge >= 0.3 is 0 Å². The van der Waals surface area contributed by atoms with Crippen LogP contribution >= 0.6 is 11.3 Å². The first-order valence-electron chi connectivity index (χ1n) is 6.65. The van der Waals surface area contributed by atoms with Crippen molar-refractivity contribution in [1.82, 2.24) is 0 Å². The van der Waals surface area contributed by atoms with Crippen LogP contribution < -0.4 is 10.1 Å². The van der Waals surface area contributed by atoms with Crippen molar-refractivity contribution in [3.05, 3.63) is 45.8 Å². The van der Waals surface area contributed by atoms with Crippen LogP contribution in [0.4, 0.5) is 5.00 Å². The van der Waals surface area contributed by atoms with Crippen LogP contribution in [0.2, 0.25) is 0 Å². The number of benzene rings is 1. The quantitative estimate of drug-likeness (QED) is 0.926. The highest BCUT2D eigenvalue weighted by Gasteiger charge is 2.29. The van der Waals surface area contributed by atoms with Crippen LogP contribution in [0.15, 0.2) is 24.3 Å². The van der Waals surface area contributed by atoms with Crippen LogP contribution in [0.25, 0.3) is 0 Å². The monoisotopic (exact) mass is 298 g/mol. The van der Waals surface area contributed by atoms with Crippen molar-refractivity contribution in [3.8, 4) is 11.8 Å². The van der Waals surface area contributed by atoms with E-state index in [9.17, 15) is 10.1 Å². The molecule has 106 valence electrons. The predicted molar refractivity (Wildman–Crippen MR) is 81.7 cm³/mol. The van der Waals surface area contributed by atoms with E-state index < -0.39 is 6.10 Å². The molecule has 1 atom stereocenters. The molecule has 1 aromatic heterocycles. The summed E-state index contributed by atoms with van der Waals surface area (Å²) in [6, 6.07) is 9.80. The van der Waals surface area contributed by atoms with E-state index in [4.69, 9.17) is 4.74 Å². The van der Waals surface area contributed by atoms with Crippen molar-refractivity contribution in [3.63, 3.8) is 0 Å². The predicted octanol–water partition coefficient (Wildman–Crippen LogP) is 3.18. The summed E-state index contributed by atoms with van der Waals surface area (Å²) in [6.07, 6.45) is 0.0319. The highest BCUT2D eigenvalue weighted by atomic mass is 32.1. The number of ether oxygens (including phenoxy) is 1. The van der Waals surface area contributed by atoms with Gasteiger partial charge in [-0.25, -0.2) is 0 Å². The zero-order valence-corrected chi connectivity index (χ0v) is 12.6. The van der Waals surface area contributed by atoms with Gasteiger partial charge in [0.2, 0.25) is 0 Å². The number of hydrogen-bond donors (Lipinski definition) is 1. The number of para-hydroxylation sites is 1. The number of thiophene rings is 1. The molecule has 5 heteroatoms. The third kappa shape index (κ3) is 2.39. The first kappa shape index (κ1) is 13.7. The van der Waals surface area contributed by atoms with Crippen LogP contribution in [-0.2, 0) is 11.2 Å². The Morgan fingerprint density at radius 3 is 2.90 bits per heavy atom. The second-order valence-corrected chi connectivity index (χ2v) is 6.23. The molecule has 1 amide bonds. The molecule has 1 aliphatic heterocycles. The third-order valence-corrected chi connectivity index (χ3v) is 4.80. The van der Waals surface area contributed by atoms with E-state index in [1.54, 1.807) is 0 Å². The largest absolute Gasteiger partial charge is 0.480 e. The number of anilines is 1. The van der Waals surface area contributed by atoms with Gasteiger partial charge < -0.3 is 10.1 Å². The number of fused-ring (bicyclic) bond motifs is 1. The number of carbonyl (C=O) groups is 1. The number of nitrogens with zero attached hydrogens (tertiary/aromatic N) is 1. The molecule has 2 heterocycles. The summed E-state index contributed by atoms with van der Waals surface area (Å²) >= 11 is 1.43. The standard InChI is InChI=1S/C16H14N2O2S/c1-9-10(2)21-16(12(9)8-17)18-15(19)14-7-11-5-3-4-6-13(11)20-14/h3-6,14H,7H2,1-2H3,(H,18,19). The summed E-state index contributed by atoms with van der Waals surface area (Å²) in [7, 11) is 0. The number of aryl methyl sites for hydroxylation is 1. The number of carbonyl (C=O) groups excluding carboxylic acids is 1. The third-order valence-electron chi connectivity index (χ3n) is 3.67. The molecule has 1 unspecified atom stereocenters. The first-order chi connectivity index (χ1) is 10.1. The molecule has 0 radical (unpaired) electrons.